The quantitative estimate of drug-likeness (QED) is 0.115. The fourth-order valence-electron chi connectivity index (χ4n) is 5.84. The number of amides is 1. The molecule has 0 atom stereocenters. The summed E-state index contributed by atoms with van der Waals surface area (Å²) in [5, 5.41) is 7.70. The number of benzene rings is 4. The van der Waals surface area contributed by atoms with E-state index in [2.05, 4.69) is 20.3 Å². The summed E-state index contributed by atoms with van der Waals surface area (Å²) in [4.78, 5) is 20.3. The van der Waals surface area contributed by atoms with Gasteiger partial charge in [-0.3, -0.25) is 14.7 Å². The Morgan fingerprint density at radius 2 is 1.68 bits per heavy atom. The number of halogens is 2. The number of methoxy groups -OCH3 is 1. The van der Waals surface area contributed by atoms with E-state index in [0.717, 1.165) is 50.9 Å². The van der Waals surface area contributed by atoms with Crippen molar-refractivity contribution < 1.29 is 37.3 Å². The Morgan fingerprint density at radius 1 is 0.868 bits per heavy atom. The van der Waals surface area contributed by atoms with Crippen LogP contribution in [0.5, 0.6) is 28.7 Å². The molecule has 1 aliphatic rings. The summed E-state index contributed by atoms with van der Waals surface area (Å²) < 4.78 is 59.6. The zero-order valence-electron chi connectivity index (χ0n) is 29.0. The minimum atomic E-state index is -0.711. The Bertz CT molecular complexity index is 2180. The smallest absolute Gasteiger partial charge is 0.280 e. The van der Waals surface area contributed by atoms with Gasteiger partial charge in [-0.15, -0.1) is 0 Å². The third-order valence-corrected chi connectivity index (χ3v) is 8.60. The van der Waals surface area contributed by atoms with Crippen molar-refractivity contribution in [3.63, 3.8) is 0 Å². The Hall–Kier alpha value is -6.05. The largest absolute Gasteiger partial charge is 0.493 e. The molecule has 1 fully saturated rings. The molecule has 7 rings (SSSR count). The molecule has 2 aromatic heterocycles. The minimum absolute atomic E-state index is 0.0383. The Kier molecular flexibility index (Phi) is 11.0. The van der Waals surface area contributed by atoms with Gasteiger partial charge in [0.1, 0.15) is 18.2 Å². The van der Waals surface area contributed by atoms with E-state index in [4.69, 9.17) is 23.7 Å². The van der Waals surface area contributed by atoms with Gasteiger partial charge in [-0.25, -0.2) is 13.5 Å². The summed E-state index contributed by atoms with van der Waals surface area (Å²) in [6.45, 7) is 4.93. The summed E-state index contributed by atoms with van der Waals surface area (Å²) in [6.07, 6.45) is 3.95. The fraction of sp³-hybridized carbons (Fsp3) is 0.225. The van der Waals surface area contributed by atoms with Crippen LogP contribution in [0.2, 0.25) is 0 Å². The first-order valence-electron chi connectivity index (χ1n) is 17.1. The third kappa shape index (κ3) is 8.71. The predicted molar refractivity (Wildman–Crippen MR) is 194 cm³/mol. The number of anilines is 1. The fourth-order valence-corrected chi connectivity index (χ4v) is 5.84. The first-order valence-corrected chi connectivity index (χ1v) is 17.1. The van der Waals surface area contributed by atoms with Crippen molar-refractivity contribution >= 4 is 22.5 Å². The molecular formula is C40H37F2N5O6. The molecule has 0 radical (unpaired) electrons. The van der Waals surface area contributed by atoms with Crippen LogP contribution in [-0.4, -0.2) is 72.1 Å². The summed E-state index contributed by atoms with van der Waals surface area (Å²) in [5.74, 6) is -0.220. The van der Waals surface area contributed by atoms with E-state index >= 15 is 4.39 Å². The second kappa shape index (κ2) is 16.5. The van der Waals surface area contributed by atoms with Gasteiger partial charge in [0.15, 0.2) is 34.5 Å². The summed E-state index contributed by atoms with van der Waals surface area (Å²) in [6, 6.07) is 24.3. The lowest BCUT2D eigenvalue weighted by molar-refractivity contribution is 0.0357. The van der Waals surface area contributed by atoms with E-state index in [1.807, 2.05) is 30.3 Å². The molecule has 0 saturated carbocycles. The van der Waals surface area contributed by atoms with Gasteiger partial charge >= 0.3 is 0 Å². The molecule has 272 valence electrons. The lowest BCUT2D eigenvalue weighted by Crippen LogP contribution is -2.37. The highest BCUT2D eigenvalue weighted by atomic mass is 19.1. The highest BCUT2D eigenvalue weighted by Gasteiger charge is 2.21. The summed E-state index contributed by atoms with van der Waals surface area (Å²) in [7, 11) is 1.55. The van der Waals surface area contributed by atoms with Crippen molar-refractivity contribution in [3.8, 4) is 34.4 Å². The average Bonchev–Trinajstić information content (AvgIpc) is 3.62. The number of fused-ring (bicyclic) bond motifs is 1. The Labute approximate surface area is 304 Å². The number of rotatable bonds is 14. The van der Waals surface area contributed by atoms with Gasteiger partial charge in [-0.2, -0.15) is 5.10 Å². The van der Waals surface area contributed by atoms with E-state index in [0.29, 0.717) is 40.4 Å². The van der Waals surface area contributed by atoms with Crippen LogP contribution in [0.25, 0.3) is 16.6 Å². The van der Waals surface area contributed by atoms with E-state index in [1.165, 1.54) is 41.1 Å². The van der Waals surface area contributed by atoms with Crippen molar-refractivity contribution in [2.75, 3.05) is 51.9 Å². The molecule has 1 saturated heterocycles. The molecule has 0 unspecified atom stereocenters. The molecule has 0 aliphatic carbocycles. The second-order valence-electron chi connectivity index (χ2n) is 12.2. The minimum Gasteiger partial charge on any atom is -0.493 e. The van der Waals surface area contributed by atoms with Gasteiger partial charge < -0.3 is 29.0 Å². The molecule has 6 aromatic rings. The number of hydrogen-bond donors (Lipinski definition) is 1. The van der Waals surface area contributed by atoms with Crippen molar-refractivity contribution in [2.45, 2.75) is 13.0 Å². The predicted octanol–water partition coefficient (Wildman–Crippen LogP) is 7.43. The number of ether oxygens (including phenoxy) is 5. The summed E-state index contributed by atoms with van der Waals surface area (Å²) in [5.41, 5.74) is 2.12. The number of carbonyl (C=O) groups is 1. The Morgan fingerprint density at radius 3 is 2.45 bits per heavy atom. The maximum absolute atomic E-state index is 15.5. The zero-order valence-corrected chi connectivity index (χ0v) is 29.0. The van der Waals surface area contributed by atoms with Crippen molar-refractivity contribution in [1.29, 1.82) is 0 Å². The molecule has 1 aliphatic heterocycles. The molecule has 53 heavy (non-hydrogen) atoms. The van der Waals surface area contributed by atoms with E-state index in [-0.39, 0.29) is 29.5 Å². The SMILES string of the molecule is COc1cc2c(Oc3ccc(NC(=O)c4nn(-c5ccc(F)cc5)cc4OCc4ccccc4)cc3F)ccnc2cc1OCCCN1CCOCC1. The van der Waals surface area contributed by atoms with Gasteiger partial charge in [0.25, 0.3) is 5.91 Å². The highest BCUT2D eigenvalue weighted by molar-refractivity contribution is 6.04. The van der Waals surface area contributed by atoms with Gasteiger partial charge in [0.05, 0.1) is 44.3 Å². The highest BCUT2D eigenvalue weighted by Crippen LogP contribution is 2.38. The first-order chi connectivity index (χ1) is 25.9. The zero-order chi connectivity index (χ0) is 36.6. The van der Waals surface area contributed by atoms with Gasteiger partial charge in [-0.05, 0) is 60.5 Å². The first kappa shape index (κ1) is 35.4. The van der Waals surface area contributed by atoms with E-state index in [9.17, 15) is 9.18 Å². The van der Waals surface area contributed by atoms with Crippen LogP contribution < -0.4 is 24.3 Å². The van der Waals surface area contributed by atoms with Crippen LogP contribution in [0.1, 0.15) is 22.5 Å². The molecule has 11 nitrogen and oxygen atoms in total. The van der Waals surface area contributed by atoms with Crippen LogP contribution in [0, 0.1) is 11.6 Å². The maximum atomic E-state index is 15.5. The Balaban J connectivity index is 1.05. The van der Waals surface area contributed by atoms with Crippen molar-refractivity contribution in [3.05, 3.63) is 126 Å². The van der Waals surface area contributed by atoms with Crippen LogP contribution >= 0.6 is 0 Å². The lowest BCUT2D eigenvalue weighted by atomic mass is 10.1. The molecular weight excluding hydrogens is 684 g/mol. The average molecular weight is 722 g/mol. The van der Waals surface area contributed by atoms with Crippen LogP contribution in [0.15, 0.2) is 103 Å². The molecule has 4 aromatic carbocycles. The molecule has 3 heterocycles. The van der Waals surface area contributed by atoms with Crippen molar-refractivity contribution in [1.82, 2.24) is 19.7 Å². The lowest BCUT2D eigenvalue weighted by Gasteiger charge is -2.26. The van der Waals surface area contributed by atoms with Gasteiger partial charge in [0, 0.05) is 49.0 Å². The number of carbonyl (C=O) groups excluding carboxylic acids is 1. The van der Waals surface area contributed by atoms with E-state index in [1.54, 1.807) is 37.7 Å². The number of hydrogen-bond acceptors (Lipinski definition) is 9. The second-order valence-corrected chi connectivity index (χ2v) is 12.2. The number of pyridine rings is 1. The normalized spacial score (nSPS) is 13.1. The maximum Gasteiger partial charge on any atom is 0.280 e. The molecule has 0 spiro atoms. The van der Waals surface area contributed by atoms with E-state index < -0.39 is 17.5 Å². The number of nitrogens with zero attached hydrogens (tertiary/aromatic N) is 4. The molecule has 0 bridgehead atoms. The molecule has 1 N–H and O–H groups in total. The monoisotopic (exact) mass is 721 g/mol. The van der Waals surface area contributed by atoms with Gasteiger partial charge in [0.2, 0.25) is 0 Å². The van der Waals surface area contributed by atoms with Crippen LogP contribution in [-0.2, 0) is 11.3 Å². The summed E-state index contributed by atoms with van der Waals surface area (Å²) >= 11 is 0. The topological polar surface area (TPSA) is 109 Å². The van der Waals surface area contributed by atoms with Gasteiger partial charge in [-0.1, -0.05) is 30.3 Å². The number of morpholine rings is 1. The number of nitrogens with one attached hydrogen (secondary N) is 1. The number of aromatic nitrogens is 3. The molecule has 1 amide bonds. The van der Waals surface area contributed by atoms with Crippen molar-refractivity contribution in [2.24, 2.45) is 0 Å². The van der Waals surface area contributed by atoms with Crippen LogP contribution in [0.3, 0.4) is 0 Å². The van der Waals surface area contributed by atoms with Crippen LogP contribution in [0.4, 0.5) is 14.5 Å². The molecule has 13 heteroatoms. The third-order valence-electron chi connectivity index (χ3n) is 8.60. The standard InChI is InChI=1S/C40H37F2N5O6/c1-49-36-23-31-33(24-37(36)51-19-5-16-46-17-20-50-21-18-46)43-15-14-34(31)53-35-13-10-29(22-32(35)42)44-40(48)39-38(52-26-27-6-3-2-4-7-27)25-47(45-39)30-11-8-28(41)9-12-30/h2-4,6-15,22-25H,5,16-21,26H2,1H3,(H,44,48).